The minimum Gasteiger partial charge on any atom is -0.368 e. The molecule has 0 spiro atoms. The van der Waals surface area contributed by atoms with Crippen LogP contribution in [0.25, 0.3) is 10.8 Å². The molecule has 0 saturated carbocycles. The Kier molecular flexibility index (Phi) is 5.34. The second-order valence-electron chi connectivity index (χ2n) is 7.99. The van der Waals surface area contributed by atoms with Gasteiger partial charge in [0.2, 0.25) is 5.91 Å². The zero-order valence-electron chi connectivity index (χ0n) is 16.7. The van der Waals surface area contributed by atoms with Crippen molar-refractivity contribution >= 4 is 34.0 Å². The first-order valence-corrected chi connectivity index (χ1v) is 10.8. The average molecular weight is 421 g/mol. The van der Waals surface area contributed by atoms with Crippen LogP contribution in [0, 0.1) is 0 Å². The van der Waals surface area contributed by atoms with Gasteiger partial charge >= 0.3 is 0 Å². The Morgan fingerprint density at radius 2 is 1.67 bits per heavy atom. The summed E-state index contributed by atoms with van der Waals surface area (Å²) in [6, 6.07) is 22.6. The first-order chi connectivity index (χ1) is 14.7. The minimum absolute atomic E-state index is 0.123. The van der Waals surface area contributed by atoms with Crippen molar-refractivity contribution in [3.8, 4) is 0 Å². The number of benzene rings is 3. The van der Waals surface area contributed by atoms with Crippen molar-refractivity contribution in [2.24, 2.45) is 0 Å². The molecule has 2 atom stereocenters. The van der Waals surface area contributed by atoms with Crippen molar-refractivity contribution in [3.63, 3.8) is 0 Å². The first kappa shape index (κ1) is 19.4. The first-order valence-electron chi connectivity index (χ1n) is 10.5. The molecule has 2 N–H and O–H groups in total. The van der Waals surface area contributed by atoms with Crippen LogP contribution < -0.4 is 15.8 Å². The molecule has 2 fully saturated rings. The lowest BCUT2D eigenvalue weighted by Crippen LogP contribution is -2.53. The highest BCUT2D eigenvalue weighted by molar-refractivity contribution is 6.30. The van der Waals surface area contributed by atoms with Gasteiger partial charge in [0.25, 0.3) is 0 Å². The van der Waals surface area contributed by atoms with Gasteiger partial charge in [0.1, 0.15) is 6.04 Å². The Bertz CT molecular complexity index is 1060. The largest absolute Gasteiger partial charge is 0.368 e. The molecule has 5 rings (SSSR count). The summed E-state index contributed by atoms with van der Waals surface area (Å²) in [5.74, 6) is 0.177. The molecule has 154 valence electrons. The standard InChI is InChI=1S/C24H25ClN4O/c25-18-7-4-8-19(15-18)28-11-13-29(14-12-28)24(30)23-16-22(26-27-23)21-10-3-6-17-5-1-2-9-20(17)21/h1-10,15,22-23,26-27H,11-14,16H2. The van der Waals surface area contributed by atoms with E-state index in [1.807, 2.05) is 23.1 Å². The SMILES string of the molecule is O=C(C1CC(c2cccc3ccccc23)NN1)N1CCN(c2cccc(Cl)c2)CC1. The molecule has 2 aliphatic heterocycles. The van der Waals surface area contributed by atoms with E-state index in [0.717, 1.165) is 43.3 Å². The van der Waals surface area contributed by atoms with Gasteiger partial charge in [0.15, 0.2) is 0 Å². The van der Waals surface area contributed by atoms with E-state index >= 15 is 0 Å². The van der Waals surface area contributed by atoms with Gasteiger partial charge in [-0.1, -0.05) is 60.1 Å². The molecule has 2 heterocycles. The number of piperazine rings is 1. The average Bonchev–Trinajstić information content (AvgIpc) is 3.28. The molecule has 30 heavy (non-hydrogen) atoms. The lowest BCUT2D eigenvalue weighted by molar-refractivity contribution is -0.133. The van der Waals surface area contributed by atoms with Crippen LogP contribution >= 0.6 is 11.6 Å². The molecule has 2 unspecified atom stereocenters. The predicted molar refractivity (Wildman–Crippen MR) is 122 cm³/mol. The normalized spacial score (nSPS) is 21.9. The van der Waals surface area contributed by atoms with Crippen molar-refractivity contribution in [2.45, 2.75) is 18.5 Å². The minimum atomic E-state index is -0.202. The summed E-state index contributed by atoms with van der Waals surface area (Å²) in [4.78, 5) is 17.4. The summed E-state index contributed by atoms with van der Waals surface area (Å²) < 4.78 is 0. The lowest BCUT2D eigenvalue weighted by Gasteiger charge is -2.37. The molecule has 0 aromatic heterocycles. The predicted octanol–water partition coefficient (Wildman–Crippen LogP) is 3.75. The Balaban J connectivity index is 1.23. The van der Waals surface area contributed by atoms with Crippen molar-refractivity contribution in [3.05, 3.63) is 77.3 Å². The number of anilines is 1. The summed E-state index contributed by atoms with van der Waals surface area (Å²) in [5.41, 5.74) is 8.95. The summed E-state index contributed by atoms with van der Waals surface area (Å²) in [7, 11) is 0. The summed E-state index contributed by atoms with van der Waals surface area (Å²) in [6.45, 7) is 3.09. The van der Waals surface area contributed by atoms with E-state index in [1.54, 1.807) is 0 Å². The Labute approximate surface area is 181 Å². The van der Waals surface area contributed by atoms with E-state index < -0.39 is 0 Å². The Hall–Kier alpha value is -2.60. The highest BCUT2D eigenvalue weighted by atomic mass is 35.5. The second-order valence-corrected chi connectivity index (χ2v) is 8.43. The topological polar surface area (TPSA) is 47.6 Å². The van der Waals surface area contributed by atoms with E-state index in [-0.39, 0.29) is 18.0 Å². The molecule has 0 bridgehead atoms. The number of halogens is 1. The van der Waals surface area contributed by atoms with E-state index in [4.69, 9.17) is 11.6 Å². The monoisotopic (exact) mass is 420 g/mol. The van der Waals surface area contributed by atoms with Gasteiger partial charge in [-0.05, 0) is 41.0 Å². The number of rotatable bonds is 3. The second kappa shape index (κ2) is 8.26. The summed E-state index contributed by atoms with van der Waals surface area (Å²) in [5, 5.41) is 3.21. The quantitative estimate of drug-likeness (QED) is 0.677. The molecule has 2 aliphatic rings. The number of nitrogens with zero attached hydrogens (tertiary/aromatic N) is 2. The Morgan fingerprint density at radius 3 is 2.50 bits per heavy atom. The fourth-order valence-corrected chi connectivity index (χ4v) is 4.74. The molecule has 3 aromatic rings. The molecule has 5 nitrogen and oxygen atoms in total. The molecule has 1 amide bonds. The fraction of sp³-hybridized carbons (Fsp3) is 0.292. The van der Waals surface area contributed by atoms with Gasteiger partial charge in [-0.2, -0.15) is 0 Å². The van der Waals surface area contributed by atoms with Crippen LogP contribution in [0.15, 0.2) is 66.7 Å². The lowest BCUT2D eigenvalue weighted by atomic mass is 9.96. The maximum absolute atomic E-state index is 13.1. The van der Waals surface area contributed by atoms with E-state index in [9.17, 15) is 4.79 Å². The molecule has 0 aliphatic carbocycles. The zero-order chi connectivity index (χ0) is 20.5. The van der Waals surface area contributed by atoms with Gasteiger partial charge < -0.3 is 9.80 Å². The molecule has 6 heteroatoms. The zero-order valence-corrected chi connectivity index (χ0v) is 17.5. The number of fused-ring (bicyclic) bond motifs is 1. The van der Waals surface area contributed by atoms with Crippen LogP contribution in [0.5, 0.6) is 0 Å². The third-order valence-corrected chi connectivity index (χ3v) is 6.40. The third kappa shape index (κ3) is 3.76. The van der Waals surface area contributed by atoms with Crippen LogP contribution in [0.4, 0.5) is 5.69 Å². The molecular weight excluding hydrogens is 396 g/mol. The van der Waals surface area contributed by atoms with Gasteiger partial charge in [-0.25, -0.2) is 10.9 Å². The highest BCUT2D eigenvalue weighted by Crippen LogP contribution is 2.30. The van der Waals surface area contributed by atoms with Gasteiger partial charge in [0.05, 0.1) is 0 Å². The number of carbonyl (C=O) groups is 1. The van der Waals surface area contributed by atoms with Crippen LogP contribution in [-0.4, -0.2) is 43.0 Å². The van der Waals surface area contributed by atoms with E-state index in [2.05, 4.69) is 64.3 Å². The van der Waals surface area contributed by atoms with Gasteiger partial charge in [-0.3, -0.25) is 4.79 Å². The molecular formula is C24H25ClN4O. The number of hydrazine groups is 1. The molecule has 2 saturated heterocycles. The number of hydrogen-bond donors (Lipinski definition) is 2. The fourth-order valence-electron chi connectivity index (χ4n) is 4.55. The van der Waals surface area contributed by atoms with Crippen LogP contribution in [-0.2, 0) is 4.79 Å². The van der Waals surface area contributed by atoms with E-state index in [0.29, 0.717) is 0 Å². The number of amides is 1. The van der Waals surface area contributed by atoms with Crippen molar-refractivity contribution in [2.75, 3.05) is 31.1 Å². The number of hydrogen-bond acceptors (Lipinski definition) is 4. The Morgan fingerprint density at radius 1 is 0.900 bits per heavy atom. The smallest absolute Gasteiger partial charge is 0.241 e. The molecule has 3 aromatic carbocycles. The maximum atomic E-state index is 13.1. The van der Waals surface area contributed by atoms with Gasteiger partial charge in [0, 0.05) is 42.9 Å². The van der Waals surface area contributed by atoms with Crippen molar-refractivity contribution in [1.82, 2.24) is 15.8 Å². The van der Waals surface area contributed by atoms with Crippen LogP contribution in [0.3, 0.4) is 0 Å². The van der Waals surface area contributed by atoms with E-state index in [1.165, 1.54) is 16.3 Å². The highest BCUT2D eigenvalue weighted by Gasteiger charge is 2.34. The number of nitrogens with one attached hydrogen (secondary N) is 2. The summed E-state index contributed by atoms with van der Waals surface area (Å²) >= 11 is 6.12. The van der Waals surface area contributed by atoms with Crippen LogP contribution in [0.1, 0.15) is 18.0 Å². The van der Waals surface area contributed by atoms with Crippen molar-refractivity contribution < 1.29 is 4.79 Å². The van der Waals surface area contributed by atoms with Crippen LogP contribution in [0.2, 0.25) is 5.02 Å². The van der Waals surface area contributed by atoms with Crippen molar-refractivity contribution in [1.29, 1.82) is 0 Å². The summed E-state index contributed by atoms with van der Waals surface area (Å²) in [6.07, 6.45) is 0.751. The van der Waals surface area contributed by atoms with Gasteiger partial charge in [-0.15, -0.1) is 0 Å². The number of carbonyl (C=O) groups excluding carboxylic acids is 1. The molecule has 0 radical (unpaired) electrons. The maximum Gasteiger partial charge on any atom is 0.241 e. The third-order valence-electron chi connectivity index (χ3n) is 6.16.